The molecule has 0 saturated carbocycles. The maximum absolute atomic E-state index is 11.3. The van der Waals surface area contributed by atoms with Crippen LogP contribution in [0.3, 0.4) is 0 Å². The summed E-state index contributed by atoms with van der Waals surface area (Å²) in [5.41, 5.74) is 0. The second kappa shape index (κ2) is 2.95. The van der Waals surface area contributed by atoms with Crippen LogP contribution in [0.1, 0.15) is 13.8 Å². The Bertz CT molecular complexity index is 196. The molecule has 0 radical (unpaired) electrons. The normalized spacial score (nSPS) is 47.5. The molecule has 1 aliphatic heterocycles. The van der Waals surface area contributed by atoms with Gasteiger partial charge in [-0.15, -0.1) is 0 Å². The van der Waals surface area contributed by atoms with Gasteiger partial charge in [0.05, 0.1) is 6.10 Å². The van der Waals surface area contributed by atoms with Crippen molar-refractivity contribution in [2.45, 2.75) is 24.0 Å². The van der Waals surface area contributed by atoms with Crippen molar-refractivity contribution in [2.24, 2.45) is 0 Å². The molecular formula is C6H12O3S2. The summed E-state index contributed by atoms with van der Waals surface area (Å²) in [6, 6.07) is 0. The van der Waals surface area contributed by atoms with Crippen molar-refractivity contribution >= 4 is 21.6 Å². The maximum atomic E-state index is 11.3. The molecule has 0 spiro atoms. The summed E-state index contributed by atoms with van der Waals surface area (Å²) in [5, 5.41) is 9.27. The zero-order chi connectivity index (χ0) is 8.65. The van der Waals surface area contributed by atoms with Gasteiger partial charge in [0, 0.05) is 33.1 Å². The van der Waals surface area contributed by atoms with E-state index in [-0.39, 0.29) is 0 Å². The zero-order valence-electron chi connectivity index (χ0n) is 6.57. The van der Waals surface area contributed by atoms with Crippen molar-refractivity contribution in [2.75, 3.05) is 11.5 Å². The van der Waals surface area contributed by atoms with Gasteiger partial charge in [-0.3, -0.25) is 8.42 Å². The van der Waals surface area contributed by atoms with Crippen LogP contribution in [0.5, 0.6) is 0 Å². The Morgan fingerprint density at radius 3 is 1.91 bits per heavy atom. The Hall–Kier alpha value is 0.260. The van der Waals surface area contributed by atoms with Gasteiger partial charge in [-0.25, -0.2) is 0 Å². The minimum absolute atomic E-state index is 0.452. The van der Waals surface area contributed by atoms with Crippen molar-refractivity contribution in [3.63, 3.8) is 0 Å². The molecular weight excluding hydrogens is 184 g/mol. The molecule has 1 heterocycles. The molecule has 0 bridgehead atoms. The van der Waals surface area contributed by atoms with E-state index in [1.54, 1.807) is 13.8 Å². The fourth-order valence-corrected chi connectivity index (χ4v) is 5.15. The van der Waals surface area contributed by atoms with Crippen LogP contribution in [0.2, 0.25) is 0 Å². The second-order valence-corrected chi connectivity index (χ2v) is 6.94. The molecule has 1 N–H and O–H groups in total. The SMILES string of the molecule is CC(O)C1(C)S(=O)CCS1=O. The van der Waals surface area contributed by atoms with Gasteiger partial charge < -0.3 is 5.11 Å². The van der Waals surface area contributed by atoms with Gasteiger partial charge in [0.2, 0.25) is 0 Å². The molecule has 66 valence electrons. The van der Waals surface area contributed by atoms with Crippen molar-refractivity contribution in [3.8, 4) is 0 Å². The average Bonchev–Trinajstić information content (AvgIpc) is 2.18. The van der Waals surface area contributed by atoms with E-state index in [0.717, 1.165) is 0 Å². The van der Waals surface area contributed by atoms with Gasteiger partial charge in [-0.05, 0) is 13.8 Å². The Morgan fingerprint density at radius 1 is 1.36 bits per heavy atom. The van der Waals surface area contributed by atoms with Gasteiger partial charge >= 0.3 is 0 Å². The molecule has 1 saturated heterocycles. The van der Waals surface area contributed by atoms with Gasteiger partial charge in [-0.2, -0.15) is 0 Å². The minimum atomic E-state index is -1.14. The van der Waals surface area contributed by atoms with Crippen LogP contribution in [-0.2, 0) is 21.6 Å². The molecule has 0 aromatic heterocycles. The zero-order valence-corrected chi connectivity index (χ0v) is 8.20. The van der Waals surface area contributed by atoms with E-state index in [1.807, 2.05) is 0 Å². The standard InChI is InChI=1S/C6H12O3S2/c1-5(7)6(2)10(8)3-4-11(6)9/h5,7H,3-4H2,1-2H3. The molecule has 0 aliphatic carbocycles. The minimum Gasteiger partial charge on any atom is -0.391 e. The van der Waals surface area contributed by atoms with Crippen molar-refractivity contribution in [3.05, 3.63) is 0 Å². The van der Waals surface area contributed by atoms with E-state index in [4.69, 9.17) is 0 Å². The molecule has 11 heavy (non-hydrogen) atoms. The lowest BCUT2D eigenvalue weighted by molar-refractivity contribution is 0.183. The molecule has 3 atom stereocenters. The van der Waals surface area contributed by atoms with E-state index < -0.39 is 31.8 Å². The molecule has 1 aliphatic rings. The summed E-state index contributed by atoms with van der Waals surface area (Å²) in [5.74, 6) is 0.905. The second-order valence-electron chi connectivity index (χ2n) is 2.79. The lowest BCUT2D eigenvalue weighted by Gasteiger charge is -2.23. The van der Waals surface area contributed by atoms with Crippen LogP contribution >= 0.6 is 0 Å². The molecule has 1 rings (SSSR count). The van der Waals surface area contributed by atoms with Crippen molar-refractivity contribution in [1.29, 1.82) is 0 Å². The summed E-state index contributed by atoms with van der Waals surface area (Å²) < 4.78 is 21.7. The predicted octanol–water partition coefficient (Wildman–Crippen LogP) is -0.406. The number of aliphatic hydroxyl groups is 1. The third-order valence-corrected chi connectivity index (χ3v) is 7.13. The summed E-state index contributed by atoms with van der Waals surface area (Å²) >= 11 is 0. The maximum Gasteiger partial charge on any atom is 0.143 e. The topological polar surface area (TPSA) is 54.4 Å². The van der Waals surface area contributed by atoms with Crippen LogP contribution in [0, 0.1) is 0 Å². The largest absolute Gasteiger partial charge is 0.391 e. The molecule has 3 nitrogen and oxygen atoms in total. The predicted molar refractivity (Wildman–Crippen MR) is 46.1 cm³/mol. The number of hydrogen-bond donors (Lipinski definition) is 1. The first-order valence-electron chi connectivity index (χ1n) is 3.44. The Balaban J connectivity index is 2.98. The van der Waals surface area contributed by atoms with Crippen LogP contribution < -0.4 is 0 Å². The Labute approximate surface area is 71.1 Å². The first kappa shape index (κ1) is 9.35. The van der Waals surface area contributed by atoms with E-state index in [0.29, 0.717) is 11.5 Å². The first-order chi connectivity index (χ1) is 4.99. The van der Waals surface area contributed by atoms with E-state index >= 15 is 0 Å². The molecule has 0 aromatic rings. The molecule has 1 fully saturated rings. The highest BCUT2D eigenvalue weighted by molar-refractivity contribution is 8.07. The molecule has 0 amide bonds. The number of aliphatic hydroxyl groups excluding tert-OH is 1. The van der Waals surface area contributed by atoms with E-state index in [2.05, 4.69) is 0 Å². The summed E-state index contributed by atoms with van der Waals surface area (Å²) in [6.45, 7) is 3.16. The van der Waals surface area contributed by atoms with Gasteiger partial charge in [0.15, 0.2) is 0 Å². The third kappa shape index (κ3) is 1.29. The third-order valence-electron chi connectivity index (χ3n) is 2.12. The highest BCUT2D eigenvalue weighted by atomic mass is 32.3. The van der Waals surface area contributed by atoms with Crippen molar-refractivity contribution < 1.29 is 13.5 Å². The molecule has 3 unspecified atom stereocenters. The molecule has 0 aromatic carbocycles. The number of hydrogen-bond acceptors (Lipinski definition) is 3. The van der Waals surface area contributed by atoms with Gasteiger partial charge in [0.1, 0.15) is 4.08 Å². The van der Waals surface area contributed by atoms with Crippen molar-refractivity contribution in [1.82, 2.24) is 0 Å². The monoisotopic (exact) mass is 196 g/mol. The average molecular weight is 196 g/mol. The van der Waals surface area contributed by atoms with E-state index in [1.165, 1.54) is 0 Å². The smallest absolute Gasteiger partial charge is 0.143 e. The lowest BCUT2D eigenvalue weighted by Crippen LogP contribution is -2.41. The fraction of sp³-hybridized carbons (Fsp3) is 1.00. The van der Waals surface area contributed by atoms with Gasteiger partial charge in [0.25, 0.3) is 0 Å². The van der Waals surface area contributed by atoms with Crippen LogP contribution in [-0.4, -0.2) is 35.2 Å². The first-order valence-corrected chi connectivity index (χ1v) is 6.08. The van der Waals surface area contributed by atoms with Crippen LogP contribution in [0.25, 0.3) is 0 Å². The Morgan fingerprint density at radius 2 is 1.73 bits per heavy atom. The summed E-state index contributed by atoms with van der Waals surface area (Å²) in [6.07, 6.45) is -0.758. The lowest BCUT2D eigenvalue weighted by atomic mass is 10.3. The quantitative estimate of drug-likeness (QED) is 0.620. The summed E-state index contributed by atoms with van der Waals surface area (Å²) in [7, 11) is -2.27. The highest BCUT2D eigenvalue weighted by Gasteiger charge is 2.47. The molecule has 5 heteroatoms. The fourth-order valence-electron chi connectivity index (χ4n) is 1.04. The highest BCUT2D eigenvalue weighted by Crippen LogP contribution is 2.29. The van der Waals surface area contributed by atoms with Crippen LogP contribution in [0.15, 0.2) is 0 Å². The number of rotatable bonds is 1. The Kier molecular flexibility index (Phi) is 2.51. The van der Waals surface area contributed by atoms with E-state index in [9.17, 15) is 13.5 Å². The van der Waals surface area contributed by atoms with Crippen LogP contribution in [0.4, 0.5) is 0 Å². The van der Waals surface area contributed by atoms with Gasteiger partial charge in [-0.1, -0.05) is 0 Å². The summed E-state index contributed by atoms with van der Waals surface area (Å²) in [4.78, 5) is 0.